The van der Waals surface area contributed by atoms with Crippen LogP contribution >= 0.6 is 0 Å². The Morgan fingerprint density at radius 1 is 1.04 bits per heavy atom. The lowest BCUT2D eigenvalue weighted by atomic mass is 10.2. The number of nitrogens with one attached hydrogen (secondary N) is 1. The van der Waals surface area contributed by atoms with Crippen LogP contribution in [0.4, 0.5) is 11.4 Å². The minimum absolute atomic E-state index is 0.180. The van der Waals surface area contributed by atoms with Gasteiger partial charge in [-0.25, -0.2) is 4.98 Å². The van der Waals surface area contributed by atoms with Crippen molar-refractivity contribution in [1.82, 2.24) is 9.88 Å². The second-order valence-electron chi connectivity index (χ2n) is 5.96. The van der Waals surface area contributed by atoms with E-state index in [-0.39, 0.29) is 5.91 Å². The molecule has 1 amide bonds. The minimum Gasteiger partial charge on any atom is -0.369 e. The third kappa shape index (κ3) is 3.87. The van der Waals surface area contributed by atoms with E-state index in [0.29, 0.717) is 5.69 Å². The first-order valence-electron chi connectivity index (χ1n) is 7.90. The fraction of sp³-hybridized carbons (Fsp3) is 0.333. The van der Waals surface area contributed by atoms with Crippen LogP contribution in [0.3, 0.4) is 0 Å². The number of hydrogen-bond donors (Lipinski definition) is 1. The van der Waals surface area contributed by atoms with Crippen LogP contribution in [0, 0.1) is 6.92 Å². The van der Waals surface area contributed by atoms with Crippen molar-refractivity contribution in [2.45, 2.75) is 6.92 Å². The van der Waals surface area contributed by atoms with Crippen molar-refractivity contribution in [1.29, 1.82) is 0 Å². The van der Waals surface area contributed by atoms with E-state index in [4.69, 9.17) is 0 Å². The average Bonchev–Trinajstić information content (AvgIpc) is 2.56. The number of rotatable bonds is 3. The molecule has 5 nitrogen and oxygen atoms in total. The Morgan fingerprint density at radius 3 is 2.39 bits per heavy atom. The third-order valence-corrected chi connectivity index (χ3v) is 4.11. The zero-order valence-corrected chi connectivity index (χ0v) is 13.6. The Morgan fingerprint density at radius 2 is 1.74 bits per heavy atom. The Labute approximate surface area is 136 Å². The topological polar surface area (TPSA) is 48.5 Å². The molecule has 0 unspecified atom stereocenters. The second-order valence-corrected chi connectivity index (χ2v) is 5.96. The van der Waals surface area contributed by atoms with Gasteiger partial charge in [-0.1, -0.05) is 6.07 Å². The van der Waals surface area contributed by atoms with E-state index in [1.54, 1.807) is 6.07 Å². The Kier molecular flexibility index (Phi) is 4.57. The van der Waals surface area contributed by atoms with Crippen LogP contribution < -0.4 is 10.2 Å². The van der Waals surface area contributed by atoms with Gasteiger partial charge in [0.05, 0.1) is 0 Å². The standard InChI is InChI=1S/C18H22N4O/c1-14-4-3-5-17(19-14)18(23)20-15-6-8-16(9-7-15)22-12-10-21(2)11-13-22/h3-9H,10-13H2,1-2H3,(H,20,23). The van der Waals surface area contributed by atoms with Gasteiger partial charge in [-0.05, 0) is 50.4 Å². The van der Waals surface area contributed by atoms with Crippen molar-refractivity contribution in [3.8, 4) is 0 Å². The number of likely N-dealkylation sites (N-methyl/N-ethyl adjacent to an activating group) is 1. The number of nitrogens with zero attached hydrogens (tertiary/aromatic N) is 3. The number of piperazine rings is 1. The summed E-state index contributed by atoms with van der Waals surface area (Å²) in [6.07, 6.45) is 0. The molecule has 0 saturated carbocycles. The van der Waals surface area contributed by atoms with Crippen LogP contribution in [-0.2, 0) is 0 Å². The Balaban J connectivity index is 1.64. The number of aromatic nitrogens is 1. The number of carbonyl (C=O) groups is 1. The monoisotopic (exact) mass is 310 g/mol. The summed E-state index contributed by atoms with van der Waals surface area (Å²) in [5, 5.41) is 2.89. The lowest BCUT2D eigenvalue weighted by molar-refractivity contribution is 0.102. The molecule has 1 aromatic carbocycles. The summed E-state index contributed by atoms with van der Waals surface area (Å²) in [6.45, 7) is 6.11. The molecule has 1 saturated heterocycles. The molecular weight excluding hydrogens is 288 g/mol. The SMILES string of the molecule is Cc1cccc(C(=O)Nc2ccc(N3CCN(C)CC3)cc2)n1. The highest BCUT2D eigenvalue weighted by Gasteiger charge is 2.14. The van der Waals surface area contributed by atoms with Gasteiger partial charge in [-0.3, -0.25) is 4.79 Å². The summed E-state index contributed by atoms with van der Waals surface area (Å²) in [5.41, 5.74) is 3.26. The van der Waals surface area contributed by atoms with Crippen molar-refractivity contribution in [3.63, 3.8) is 0 Å². The largest absolute Gasteiger partial charge is 0.369 e. The highest BCUT2D eigenvalue weighted by Crippen LogP contribution is 2.19. The quantitative estimate of drug-likeness (QED) is 0.946. The highest BCUT2D eigenvalue weighted by atomic mass is 16.1. The molecule has 1 N–H and O–H groups in total. The van der Waals surface area contributed by atoms with E-state index in [1.807, 2.05) is 31.2 Å². The van der Waals surface area contributed by atoms with Gasteiger partial charge in [0.2, 0.25) is 0 Å². The normalized spacial score (nSPS) is 15.5. The molecule has 2 heterocycles. The summed E-state index contributed by atoms with van der Waals surface area (Å²) in [5.74, 6) is -0.180. The predicted molar refractivity (Wildman–Crippen MR) is 93.1 cm³/mol. The summed E-state index contributed by atoms with van der Waals surface area (Å²) in [4.78, 5) is 21.1. The Bertz CT molecular complexity index is 676. The molecule has 1 aromatic heterocycles. The van der Waals surface area contributed by atoms with E-state index in [0.717, 1.165) is 37.6 Å². The third-order valence-electron chi connectivity index (χ3n) is 4.11. The van der Waals surface area contributed by atoms with Crippen molar-refractivity contribution in [2.24, 2.45) is 0 Å². The van der Waals surface area contributed by atoms with Gasteiger partial charge in [0, 0.05) is 43.2 Å². The molecule has 1 aliphatic rings. The van der Waals surface area contributed by atoms with Crippen LogP contribution in [0.25, 0.3) is 0 Å². The van der Waals surface area contributed by atoms with Crippen molar-refractivity contribution >= 4 is 17.3 Å². The maximum absolute atomic E-state index is 12.2. The maximum atomic E-state index is 12.2. The summed E-state index contributed by atoms with van der Waals surface area (Å²) < 4.78 is 0. The Hall–Kier alpha value is -2.40. The van der Waals surface area contributed by atoms with Crippen LogP contribution in [0.1, 0.15) is 16.2 Å². The van der Waals surface area contributed by atoms with Gasteiger partial charge in [0.1, 0.15) is 5.69 Å². The van der Waals surface area contributed by atoms with Gasteiger partial charge >= 0.3 is 0 Å². The lowest BCUT2D eigenvalue weighted by Gasteiger charge is -2.34. The van der Waals surface area contributed by atoms with E-state index >= 15 is 0 Å². The van der Waals surface area contributed by atoms with Crippen LogP contribution in [-0.4, -0.2) is 49.0 Å². The minimum atomic E-state index is -0.180. The van der Waals surface area contributed by atoms with Gasteiger partial charge in [-0.15, -0.1) is 0 Å². The molecule has 2 aromatic rings. The van der Waals surface area contributed by atoms with Crippen molar-refractivity contribution in [2.75, 3.05) is 43.4 Å². The molecular formula is C18H22N4O. The van der Waals surface area contributed by atoms with Crippen molar-refractivity contribution in [3.05, 3.63) is 53.9 Å². The van der Waals surface area contributed by atoms with E-state index < -0.39 is 0 Å². The van der Waals surface area contributed by atoms with Gasteiger partial charge in [0.15, 0.2) is 0 Å². The summed E-state index contributed by atoms with van der Waals surface area (Å²) in [6, 6.07) is 13.5. The zero-order chi connectivity index (χ0) is 16.2. The number of anilines is 2. The number of aryl methyl sites for hydroxylation is 1. The molecule has 0 aliphatic carbocycles. The fourth-order valence-corrected chi connectivity index (χ4v) is 2.68. The van der Waals surface area contributed by atoms with E-state index in [1.165, 1.54) is 5.69 Å². The second kappa shape index (κ2) is 6.79. The van der Waals surface area contributed by atoms with Gasteiger partial charge in [-0.2, -0.15) is 0 Å². The molecule has 0 bridgehead atoms. The van der Waals surface area contributed by atoms with Crippen LogP contribution in [0.15, 0.2) is 42.5 Å². The first kappa shape index (κ1) is 15.5. The fourth-order valence-electron chi connectivity index (χ4n) is 2.68. The summed E-state index contributed by atoms with van der Waals surface area (Å²) >= 11 is 0. The molecule has 1 fully saturated rings. The molecule has 1 aliphatic heterocycles. The first-order valence-corrected chi connectivity index (χ1v) is 7.90. The van der Waals surface area contributed by atoms with Crippen molar-refractivity contribution < 1.29 is 4.79 Å². The number of hydrogen-bond acceptors (Lipinski definition) is 4. The summed E-state index contributed by atoms with van der Waals surface area (Å²) in [7, 11) is 2.15. The van der Waals surface area contributed by atoms with Crippen LogP contribution in [0.5, 0.6) is 0 Å². The number of pyridine rings is 1. The van der Waals surface area contributed by atoms with E-state index in [2.05, 4.69) is 39.3 Å². The molecule has 0 atom stereocenters. The molecule has 5 heteroatoms. The number of carbonyl (C=O) groups excluding carboxylic acids is 1. The van der Waals surface area contributed by atoms with E-state index in [9.17, 15) is 4.79 Å². The average molecular weight is 310 g/mol. The molecule has 3 rings (SSSR count). The predicted octanol–water partition coefficient (Wildman–Crippen LogP) is 2.39. The number of amides is 1. The smallest absolute Gasteiger partial charge is 0.274 e. The first-order chi connectivity index (χ1) is 11.1. The van der Waals surface area contributed by atoms with Gasteiger partial charge < -0.3 is 15.1 Å². The molecule has 0 radical (unpaired) electrons. The molecule has 23 heavy (non-hydrogen) atoms. The zero-order valence-electron chi connectivity index (χ0n) is 13.6. The van der Waals surface area contributed by atoms with Crippen LogP contribution in [0.2, 0.25) is 0 Å². The molecule has 120 valence electrons. The highest BCUT2D eigenvalue weighted by molar-refractivity contribution is 6.02. The maximum Gasteiger partial charge on any atom is 0.274 e. The van der Waals surface area contributed by atoms with Gasteiger partial charge in [0.25, 0.3) is 5.91 Å². The molecule has 0 spiro atoms. The number of benzene rings is 1. The lowest BCUT2D eigenvalue weighted by Crippen LogP contribution is -2.44.